The maximum atomic E-state index is 11.9. The zero-order valence-electron chi connectivity index (χ0n) is 14.8. The molecule has 1 atom stereocenters. The van der Waals surface area contributed by atoms with E-state index in [0.29, 0.717) is 38.5 Å². The summed E-state index contributed by atoms with van der Waals surface area (Å²) in [6, 6.07) is 5.76. The average Bonchev–Trinajstić information content (AvgIpc) is 2.60. The molecule has 0 saturated carbocycles. The highest BCUT2D eigenvalue weighted by molar-refractivity contribution is 5.74. The van der Waals surface area contributed by atoms with Gasteiger partial charge in [0.05, 0.1) is 24.4 Å². The fourth-order valence-electron chi connectivity index (χ4n) is 3.90. The molecular formula is C17H22N4O5. The molecule has 9 nitrogen and oxygen atoms in total. The molecule has 9 heteroatoms. The molecule has 0 radical (unpaired) electrons. The molecule has 1 aromatic carbocycles. The Morgan fingerprint density at radius 1 is 1.08 bits per heavy atom. The Balaban J connectivity index is 1.94. The topological polar surface area (TPSA) is 107 Å². The number of rotatable bonds is 3. The third-order valence-corrected chi connectivity index (χ3v) is 5.18. The highest BCUT2D eigenvalue weighted by Crippen LogP contribution is 2.42. The molecule has 2 amide bonds. The van der Waals surface area contributed by atoms with E-state index in [1.807, 2.05) is 4.90 Å². The monoisotopic (exact) mass is 362 g/mol. The van der Waals surface area contributed by atoms with Gasteiger partial charge in [-0.2, -0.15) is 0 Å². The van der Waals surface area contributed by atoms with Gasteiger partial charge in [0.1, 0.15) is 0 Å². The average molecular weight is 362 g/mol. The maximum Gasteiger partial charge on any atom is 0.269 e. The van der Waals surface area contributed by atoms with Crippen LogP contribution in [0.3, 0.4) is 0 Å². The van der Waals surface area contributed by atoms with Gasteiger partial charge in [0, 0.05) is 51.0 Å². The van der Waals surface area contributed by atoms with E-state index in [-0.39, 0.29) is 17.5 Å². The van der Waals surface area contributed by atoms with Gasteiger partial charge in [0.15, 0.2) is 0 Å². The smallest absolute Gasteiger partial charge is 0.269 e. The summed E-state index contributed by atoms with van der Waals surface area (Å²) in [7, 11) is 0. The van der Waals surface area contributed by atoms with Crippen LogP contribution in [0.4, 0.5) is 5.69 Å². The summed E-state index contributed by atoms with van der Waals surface area (Å²) in [5, 5.41) is 21.9. The highest BCUT2D eigenvalue weighted by atomic mass is 16.6. The van der Waals surface area contributed by atoms with E-state index in [9.17, 15) is 24.8 Å². The van der Waals surface area contributed by atoms with Crippen molar-refractivity contribution in [1.82, 2.24) is 14.7 Å². The summed E-state index contributed by atoms with van der Waals surface area (Å²) in [5.74, 6) is -0.183. The summed E-state index contributed by atoms with van der Waals surface area (Å²) >= 11 is 0. The van der Waals surface area contributed by atoms with Crippen LogP contribution in [0.15, 0.2) is 24.3 Å². The van der Waals surface area contributed by atoms with Crippen molar-refractivity contribution >= 4 is 17.5 Å². The maximum absolute atomic E-state index is 11.9. The second-order valence-corrected chi connectivity index (χ2v) is 7.16. The van der Waals surface area contributed by atoms with Crippen molar-refractivity contribution in [3.05, 3.63) is 39.9 Å². The quantitative estimate of drug-likeness (QED) is 0.622. The number of hydrogen-bond donors (Lipinski definition) is 1. The minimum atomic E-state index is -0.963. The van der Waals surface area contributed by atoms with Gasteiger partial charge in [-0.3, -0.25) is 24.6 Å². The van der Waals surface area contributed by atoms with Crippen LogP contribution in [0.1, 0.15) is 25.5 Å². The second-order valence-electron chi connectivity index (χ2n) is 7.16. The van der Waals surface area contributed by atoms with Gasteiger partial charge in [-0.15, -0.1) is 0 Å². The first kappa shape index (κ1) is 18.3. The van der Waals surface area contributed by atoms with Crippen LogP contribution in [0.2, 0.25) is 0 Å². The van der Waals surface area contributed by atoms with Crippen LogP contribution in [-0.2, 0) is 9.59 Å². The SMILES string of the molecule is CC(=O)N1CN2CN(C(C)=O)CC(C(O)c3ccc([N+](=O)[O-])cc3)(C2)C1. The number of hydrogen-bond acceptors (Lipinski definition) is 6. The first-order valence-electron chi connectivity index (χ1n) is 8.38. The first-order chi connectivity index (χ1) is 12.2. The number of aliphatic hydroxyl groups is 1. The standard InChI is InChI=1S/C17H22N4O5/c1-12(22)19-8-17(7-18(10-19)11-20(9-17)13(2)23)16(24)14-3-5-15(6-4-14)21(25)26/h3-6,16,24H,7-11H2,1-2H3. The molecule has 1 aromatic rings. The number of aliphatic hydroxyl groups excluding tert-OH is 1. The third kappa shape index (κ3) is 3.27. The van der Waals surface area contributed by atoms with Gasteiger partial charge in [-0.1, -0.05) is 0 Å². The summed E-state index contributed by atoms with van der Waals surface area (Å²) < 4.78 is 0. The van der Waals surface area contributed by atoms with Crippen LogP contribution < -0.4 is 0 Å². The zero-order valence-corrected chi connectivity index (χ0v) is 14.8. The van der Waals surface area contributed by atoms with E-state index in [1.165, 1.54) is 38.1 Å². The van der Waals surface area contributed by atoms with Gasteiger partial charge >= 0.3 is 0 Å². The minimum absolute atomic E-state index is 0.0527. The molecule has 26 heavy (non-hydrogen) atoms. The lowest BCUT2D eigenvalue weighted by molar-refractivity contribution is -0.384. The van der Waals surface area contributed by atoms with E-state index >= 15 is 0 Å². The van der Waals surface area contributed by atoms with Crippen molar-refractivity contribution in [2.45, 2.75) is 20.0 Å². The molecule has 2 bridgehead atoms. The molecule has 2 heterocycles. The molecule has 2 saturated heterocycles. The normalized spacial score (nSPS) is 26.3. The van der Waals surface area contributed by atoms with Gasteiger partial charge < -0.3 is 14.9 Å². The van der Waals surface area contributed by atoms with Crippen LogP contribution in [0, 0.1) is 15.5 Å². The molecule has 140 valence electrons. The first-order valence-corrected chi connectivity index (χ1v) is 8.38. The number of non-ortho nitro benzene ring substituents is 1. The molecule has 3 rings (SSSR count). The fourth-order valence-corrected chi connectivity index (χ4v) is 3.90. The van der Waals surface area contributed by atoms with Crippen LogP contribution in [-0.4, -0.2) is 69.5 Å². The van der Waals surface area contributed by atoms with Crippen molar-refractivity contribution in [3.8, 4) is 0 Å². The Bertz CT molecular complexity index is 709. The summed E-state index contributed by atoms with van der Waals surface area (Å²) in [4.78, 5) is 39.5. The van der Waals surface area contributed by atoms with Crippen LogP contribution >= 0.6 is 0 Å². The molecule has 1 unspecified atom stereocenters. The van der Waals surface area contributed by atoms with E-state index in [2.05, 4.69) is 0 Å². The van der Waals surface area contributed by atoms with E-state index in [1.54, 1.807) is 9.80 Å². The lowest BCUT2D eigenvalue weighted by atomic mass is 9.75. The Morgan fingerprint density at radius 2 is 1.58 bits per heavy atom. The predicted molar refractivity (Wildman–Crippen MR) is 91.7 cm³/mol. The summed E-state index contributed by atoms with van der Waals surface area (Å²) in [6.45, 7) is 4.97. The Kier molecular flexibility index (Phi) is 4.68. The van der Waals surface area contributed by atoms with Crippen molar-refractivity contribution in [2.24, 2.45) is 5.41 Å². The van der Waals surface area contributed by atoms with Gasteiger partial charge in [0.25, 0.3) is 5.69 Å². The number of fused-ring (bicyclic) bond motifs is 2. The predicted octanol–water partition coefficient (Wildman–Crippen LogP) is 0.556. The molecule has 2 aliphatic heterocycles. The third-order valence-electron chi connectivity index (χ3n) is 5.18. The number of nitro groups is 1. The fraction of sp³-hybridized carbons (Fsp3) is 0.529. The number of amides is 2. The number of carbonyl (C=O) groups is 2. The molecule has 0 aromatic heterocycles. The molecule has 1 N–H and O–H groups in total. The molecule has 2 aliphatic rings. The zero-order chi connectivity index (χ0) is 19.1. The van der Waals surface area contributed by atoms with Gasteiger partial charge in [-0.25, -0.2) is 0 Å². The van der Waals surface area contributed by atoms with Crippen LogP contribution in [0.5, 0.6) is 0 Å². The Labute approximate surface area is 150 Å². The number of nitro benzene ring substituents is 1. The van der Waals surface area contributed by atoms with Gasteiger partial charge in [-0.05, 0) is 17.7 Å². The second kappa shape index (κ2) is 6.65. The van der Waals surface area contributed by atoms with Crippen LogP contribution in [0.25, 0.3) is 0 Å². The van der Waals surface area contributed by atoms with Crippen molar-refractivity contribution in [1.29, 1.82) is 0 Å². The molecular weight excluding hydrogens is 340 g/mol. The van der Waals surface area contributed by atoms with Gasteiger partial charge in [0.2, 0.25) is 11.8 Å². The van der Waals surface area contributed by atoms with Crippen molar-refractivity contribution in [2.75, 3.05) is 33.0 Å². The highest BCUT2D eigenvalue weighted by Gasteiger charge is 2.50. The van der Waals surface area contributed by atoms with E-state index < -0.39 is 16.4 Å². The van der Waals surface area contributed by atoms with Crippen molar-refractivity contribution in [3.63, 3.8) is 0 Å². The molecule has 0 spiro atoms. The Hall–Kier alpha value is -2.52. The molecule has 2 fully saturated rings. The largest absolute Gasteiger partial charge is 0.388 e. The minimum Gasteiger partial charge on any atom is -0.388 e. The van der Waals surface area contributed by atoms with E-state index in [0.717, 1.165) is 0 Å². The number of nitrogens with zero attached hydrogens (tertiary/aromatic N) is 4. The summed E-state index contributed by atoms with van der Waals surface area (Å²) in [5.41, 5.74) is -0.265. The number of benzene rings is 1. The molecule has 0 aliphatic carbocycles. The number of carbonyl (C=O) groups excluding carboxylic acids is 2. The summed E-state index contributed by atoms with van der Waals surface area (Å²) in [6.07, 6.45) is -0.963. The van der Waals surface area contributed by atoms with Crippen molar-refractivity contribution < 1.29 is 19.6 Å². The lowest BCUT2D eigenvalue weighted by Crippen LogP contribution is -2.68. The Morgan fingerprint density at radius 3 is 2.00 bits per heavy atom. The van der Waals surface area contributed by atoms with E-state index in [4.69, 9.17) is 0 Å². The lowest BCUT2D eigenvalue weighted by Gasteiger charge is -2.56.